The highest BCUT2D eigenvalue weighted by Crippen LogP contribution is 2.21. The van der Waals surface area contributed by atoms with Crippen LogP contribution in [0.5, 0.6) is 0 Å². The molecule has 0 saturated carbocycles. The van der Waals surface area contributed by atoms with Crippen LogP contribution < -0.4 is 5.32 Å². The summed E-state index contributed by atoms with van der Waals surface area (Å²) in [6.45, 7) is 7.79. The molecule has 0 spiro atoms. The third-order valence-electron chi connectivity index (χ3n) is 3.75. The average Bonchev–Trinajstić information content (AvgIpc) is 2.45. The van der Waals surface area contributed by atoms with E-state index >= 15 is 0 Å². The van der Waals surface area contributed by atoms with Gasteiger partial charge in [-0.25, -0.2) is 0 Å². The maximum atomic E-state index is 11.0. The molecule has 21 heavy (non-hydrogen) atoms. The molecule has 0 radical (unpaired) electrons. The van der Waals surface area contributed by atoms with Gasteiger partial charge in [-0.1, -0.05) is 30.7 Å². The second-order valence-electron chi connectivity index (χ2n) is 5.65. The summed E-state index contributed by atoms with van der Waals surface area (Å²) in [7, 11) is 0. The molecular weight excluding hydrogens is 288 g/mol. The normalized spacial score (nSPS) is 21.0. The first-order valence-electron chi connectivity index (χ1n) is 7.38. The van der Waals surface area contributed by atoms with Crippen molar-refractivity contribution in [2.24, 2.45) is 0 Å². The van der Waals surface area contributed by atoms with Gasteiger partial charge in [0.1, 0.15) is 0 Å². The minimum Gasteiger partial charge on any atom is -0.374 e. The highest BCUT2D eigenvalue weighted by atomic mass is 35.5. The monoisotopic (exact) mass is 310 g/mol. The Morgan fingerprint density at radius 3 is 3.10 bits per heavy atom. The van der Waals surface area contributed by atoms with Crippen LogP contribution in [-0.4, -0.2) is 49.7 Å². The van der Waals surface area contributed by atoms with Gasteiger partial charge in [0.05, 0.1) is 12.7 Å². The fourth-order valence-electron chi connectivity index (χ4n) is 2.63. The molecule has 1 saturated heterocycles. The number of nitrogens with one attached hydrogen (secondary N) is 1. The van der Waals surface area contributed by atoms with Crippen molar-refractivity contribution in [1.29, 1.82) is 0 Å². The molecule has 116 valence electrons. The minimum atomic E-state index is -0.0111. The van der Waals surface area contributed by atoms with Crippen molar-refractivity contribution >= 4 is 17.5 Å². The maximum Gasteiger partial charge on any atom is 0.216 e. The Balaban J connectivity index is 1.85. The zero-order chi connectivity index (χ0) is 15.2. The molecule has 4 nitrogen and oxygen atoms in total. The van der Waals surface area contributed by atoms with Crippen LogP contribution in [0.25, 0.3) is 0 Å². The molecule has 2 atom stereocenters. The molecule has 1 N–H and O–H groups in total. The molecule has 1 aliphatic rings. The van der Waals surface area contributed by atoms with Gasteiger partial charge in [0.25, 0.3) is 0 Å². The summed E-state index contributed by atoms with van der Waals surface area (Å²) >= 11 is 6.05. The molecule has 0 aliphatic carbocycles. The molecule has 5 heteroatoms. The van der Waals surface area contributed by atoms with Gasteiger partial charge in [-0.3, -0.25) is 9.69 Å². The van der Waals surface area contributed by atoms with Crippen molar-refractivity contribution in [3.8, 4) is 0 Å². The van der Waals surface area contributed by atoms with Crippen LogP contribution >= 0.6 is 11.6 Å². The van der Waals surface area contributed by atoms with Gasteiger partial charge in [0, 0.05) is 38.1 Å². The van der Waals surface area contributed by atoms with Crippen molar-refractivity contribution in [1.82, 2.24) is 10.2 Å². The number of hydrogen-bond acceptors (Lipinski definition) is 3. The number of halogens is 1. The van der Waals surface area contributed by atoms with Gasteiger partial charge in [0.15, 0.2) is 0 Å². The molecular formula is C16H23ClN2O2. The fourth-order valence-corrected chi connectivity index (χ4v) is 2.83. The highest BCUT2D eigenvalue weighted by molar-refractivity contribution is 6.30. The molecule has 1 fully saturated rings. The Labute approximate surface area is 131 Å². The topological polar surface area (TPSA) is 41.6 Å². The Morgan fingerprint density at radius 2 is 2.38 bits per heavy atom. The molecule has 1 aromatic carbocycles. The molecule has 1 aliphatic heterocycles. The summed E-state index contributed by atoms with van der Waals surface area (Å²) in [6, 6.07) is 8.04. The largest absolute Gasteiger partial charge is 0.374 e. The van der Waals surface area contributed by atoms with Crippen LogP contribution in [0.4, 0.5) is 0 Å². The Bertz CT molecular complexity index is 481. The van der Waals surface area contributed by atoms with E-state index in [0.29, 0.717) is 19.1 Å². The first-order chi connectivity index (χ1) is 10.0. The predicted octanol–water partition coefficient (Wildman–Crippen LogP) is 2.28. The average molecular weight is 311 g/mol. The zero-order valence-corrected chi connectivity index (χ0v) is 13.4. The number of amides is 1. The summed E-state index contributed by atoms with van der Waals surface area (Å²) in [4.78, 5) is 13.4. The lowest BCUT2D eigenvalue weighted by Crippen LogP contribution is -2.48. The van der Waals surface area contributed by atoms with Gasteiger partial charge < -0.3 is 10.1 Å². The van der Waals surface area contributed by atoms with Crippen LogP contribution in [0.1, 0.15) is 25.3 Å². The molecule has 1 aromatic rings. The standard InChI is InChI=1S/C16H23ClN2O2/c1-12(14-4-3-5-15(17)8-14)10-19-6-7-21-16(11-19)9-18-13(2)20/h3-5,8,12,16H,6-7,9-11H2,1-2H3,(H,18,20)/t12-,16-/m1/s1. The summed E-state index contributed by atoms with van der Waals surface area (Å²) in [6.07, 6.45) is 0.0780. The Morgan fingerprint density at radius 1 is 1.57 bits per heavy atom. The number of rotatable bonds is 5. The number of carbonyl (C=O) groups is 1. The van der Waals surface area contributed by atoms with Gasteiger partial charge in [-0.2, -0.15) is 0 Å². The summed E-state index contributed by atoms with van der Waals surface area (Å²) in [5.74, 6) is 0.409. The van der Waals surface area contributed by atoms with E-state index < -0.39 is 0 Å². The van der Waals surface area contributed by atoms with E-state index in [1.54, 1.807) is 0 Å². The highest BCUT2D eigenvalue weighted by Gasteiger charge is 2.22. The van der Waals surface area contributed by atoms with E-state index in [2.05, 4.69) is 23.2 Å². The van der Waals surface area contributed by atoms with E-state index in [1.807, 2.05) is 18.2 Å². The number of carbonyl (C=O) groups excluding carboxylic acids is 1. The molecule has 0 aromatic heterocycles. The first-order valence-corrected chi connectivity index (χ1v) is 7.76. The number of benzene rings is 1. The second-order valence-corrected chi connectivity index (χ2v) is 6.08. The van der Waals surface area contributed by atoms with Gasteiger partial charge in [-0.15, -0.1) is 0 Å². The fraction of sp³-hybridized carbons (Fsp3) is 0.562. The Hall–Kier alpha value is -1.10. The van der Waals surface area contributed by atoms with E-state index in [1.165, 1.54) is 12.5 Å². The quantitative estimate of drug-likeness (QED) is 0.907. The van der Waals surface area contributed by atoms with Crippen molar-refractivity contribution < 1.29 is 9.53 Å². The number of nitrogens with zero attached hydrogens (tertiary/aromatic N) is 1. The van der Waals surface area contributed by atoms with Gasteiger partial charge in [-0.05, 0) is 23.6 Å². The number of ether oxygens (including phenoxy) is 1. The lowest BCUT2D eigenvalue weighted by atomic mass is 10.0. The lowest BCUT2D eigenvalue weighted by Gasteiger charge is -2.34. The summed E-state index contributed by atoms with van der Waals surface area (Å²) in [5.41, 5.74) is 1.26. The number of hydrogen-bond donors (Lipinski definition) is 1. The molecule has 2 rings (SSSR count). The third-order valence-corrected chi connectivity index (χ3v) is 3.99. The second kappa shape index (κ2) is 7.78. The third kappa shape index (κ3) is 5.30. The van der Waals surface area contributed by atoms with Crippen molar-refractivity contribution in [3.05, 3.63) is 34.9 Å². The SMILES string of the molecule is CC(=O)NC[C@@H]1CN(C[C@@H](C)c2cccc(Cl)c2)CCO1. The molecule has 0 bridgehead atoms. The van der Waals surface area contributed by atoms with Gasteiger partial charge in [0.2, 0.25) is 5.91 Å². The molecule has 1 amide bonds. The molecule has 0 unspecified atom stereocenters. The van der Waals surface area contributed by atoms with Crippen LogP contribution in [-0.2, 0) is 9.53 Å². The molecule has 1 heterocycles. The van der Waals surface area contributed by atoms with Crippen LogP contribution in [0.3, 0.4) is 0 Å². The van der Waals surface area contributed by atoms with Crippen LogP contribution in [0, 0.1) is 0 Å². The van der Waals surface area contributed by atoms with Crippen molar-refractivity contribution in [2.75, 3.05) is 32.8 Å². The Kier molecular flexibility index (Phi) is 6.03. The van der Waals surface area contributed by atoms with Crippen molar-refractivity contribution in [3.63, 3.8) is 0 Å². The maximum absolute atomic E-state index is 11.0. The van der Waals surface area contributed by atoms with Gasteiger partial charge >= 0.3 is 0 Å². The first kappa shape index (κ1) is 16.3. The number of morpholine rings is 1. The predicted molar refractivity (Wildman–Crippen MR) is 84.7 cm³/mol. The van der Waals surface area contributed by atoms with E-state index in [4.69, 9.17) is 16.3 Å². The summed E-state index contributed by atoms with van der Waals surface area (Å²) in [5, 5.41) is 3.60. The van der Waals surface area contributed by atoms with Crippen LogP contribution in [0.15, 0.2) is 24.3 Å². The lowest BCUT2D eigenvalue weighted by molar-refractivity contribution is -0.120. The van der Waals surface area contributed by atoms with E-state index in [-0.39, 0.29) is 12.0 Å². The van der Waals surface area contributed by atoms with E-state index in [9.17, 15) is 4.79 Å². The summed E-state index contributed by atoms with van der Waals surface area (Å²) < 4.78 is 5.69. The van der Waals surface area contributed by atoms with Crippen molar-refractivity contribution in [2.45, 2.75) is 25.9 Å². The van der Waals surface area contributed by atoms with Crippen LogP contribution in [0.2, 0.25) is 5.02 Å². The van der Waals surface area contributed by atoms with E-state index in [0.717, 1.165) is 24.7 Å². The minimum absolute atomic E-state index is 0.0111. The smallest absolute Gasteiger partial charge is 0.216 e. The zero-order valence-electron chi connectivity index (χ0n) is 12.6.